The summed E-state index contributed by atoms with van der Waals surface area (Å²) in [6, 6.07) is 20.5. The number of hydrogen-bond donors (Lipinski definition) is 1. The number of aliphatic imine (C=N–C) groups is 1. The number of para-hydroxylation sites is 2. The number of benzene rings is 3. The zero-order valence-electron chi connectivity index (χ0n) is 20.5. The molecule has 0 aromatic heterocycles. The van der Waals surface area contributed by atoms with Crippen LogP contribution in [0.1, 0.15) is 35.3 Å². The normalized spacial score (nSPS) is 13.8. The molecule has 3 aromatic rings. The van der Waals surface area contributed by atoms with E-state index in [0.717, 1.165) is 30.0 Å². The predicted molar refractivity (Wildman–Crippen MR) is 141 cm³/mol. The molecule has 3 aromatic carbocycles. The van der Waals surface area contributed by atoms with Crippen molar-refractivity contribution >= 4 is 34.5 Å². The van der Waals surface area contributed by atoms with Gasteiger partial charge in [0.05, 0.1) is 29.8 Å². The first-order valence-electron chi connectivity index (χ1n) is 11.7. The molecule has 6 nitrogen and oxygen atoms in total. The topological polar surface area (TPSA) is 71.0 Å². The number of nitrogens with one attached hydrogen (secondary N) is 1. The lowest BCUT2D eigenvalue weighted by Crippen LogP contribution is -2.26. The van der Waals surface area contributed by atoms with Gasteiger partial charge in [-0.15, -0.1) is 0 Å². The number of hydrogen-bond acceptors (Lipinski definition) is 5. The Bertz CT molecular complexity index is 1340. The highest BCUT2D eigenvalue weighted by atomic mass is 16.5. The van der Waals surface area contributed by atoms with Crippen molar-refractivity contribution in [2.24, 2.45) is 4.99 Å². The van der Waals surface area contributed by atoms with E-state index in [9.17, 15) is 9.59 Å². The molecule has 0 radical (unpaired) electrons. The minimum Gasteiger partial charge on any atom is -0.495 e. The van der Waals surface area contributed by atoms with E-state index >= 15 is 0 Å². The van der Waals surface area contributed by atoms with Gasteiger partial charge in [-0.3, -0.25) is 9.59 Å². The van der Waals surface area contributed by atoms with Crippen LogP contribution in [0.3, 0.4) is 0 Å². The monoisotopic (exact) mass is 467 g/mol. The van der Waals surface area contributed by atoms with E-state index in [4.69, 9.17) is 9.73 Å². The third-order valence-electron chi connectivity index (χ3n) is 6.12. The molecule has 0 saturated carbocycles. The molecule has 0 atom stereocenters. The van der Waals surface area contributed by atoms with Gasteiger partial charge in [-0.05, 0) is 62.7 Å². The standard InChI is InChI=1S/C29H29N3O3/c1-5-32(6-2)20-15-16-24(19(3)17-20)30-26-18-23(28(33)22-12-8-7-11-21(22)26)29(34)31-25-13-9-10-14-27(25)35-4/h7-18H,5-6H2,1-4H3,(H,31,34). The SMILES string of the molecule is CCN(CC)c1ccc(N=C2C=C(C(=O)Nc3ccccc3OC)C(=O)c3ccccc32)c(C)c1. The smallest absolute Gasteiger partial charge is 0.259 e. The summed E-state index contributed by atoms with van der Waals surface area (Å²) in [4.78, 5) is 33.6. The van der Waals surface area contributed by atoms with Crippen molar-refractivity contribution in [1.82, 2.24) is 0 Å². The summed E-state index contributed by atoms with van der Waals surface area (Å²) < 4.78 is 5.33. The van der Waals surface area contributed by atoms with Gasteiger partial charge in [-0.1, -0.05) is 36.4 Å². The molecule has 35 heavy (non-hydrogen) atoms. The van der Waals surface area contributed by atoms with Gasteiger partial charge in [-0.25, -0.2) is 4.99 Å². The number of ether oxygens (including phenoxy) is 1. The third-order valence-corrected chi connectivity index (χ3v) is 6.12. The molecule has 1 N–H and O–H groups in total. The van der Waals surface area contributed by atoms with Crippen molar-refractivity contribution in [1.29, 1.82) is 0 Å². The quantitative estimate of drug-likeness (QED) is 0.450. The molecule has 4 rings (SSSR count). The van der Waals surface area contributed by atoms with Gasteiger partial charge in [0.15, 0.2) is 5.78 Å². The third kappa shape index (κ3) is 4.87. The number of carbonyl (C=O) groups excluding carboxylic acids is 2. The molecule has 0 fully saturated rings. The van der Waals surface area contributed by atoms with Crippen molar-refractivity contribution in [3.8, 4) is 5.75 Å². The Morgan fingerprint density at radius 2 is 1.66 bits per heavy atom. The number of fused-ring (bicyclic) bond motifs is 1. The van der Waals surface area contributed by atoms with Crippen molar-refractivity contribution in [3.05, 3.63) is 95.1 Å². The zero-order chi connectivity index (χ0) is 24.9. The molecule has 6 heteroatoms. The van der Waals surface area contributed by atoms with Gasteiger partial charge in [-0.2, -0.15) is 0 Å². The van der Waals surface area contributed by atoms with E-state index in [1.54, 1.807) is 36.4 Å². The van der Waals surface area contributed by atoms with Crippen LogP contribution < -0.4 is 15.0 Å². The number of ketones is 1. The first-order chi connectivity index (χ1) is 17.0. The number of rotatable bonds is 7. The highest BCUT2D eigenvalue weighted by molar-refractivity contribution is 6.37. The largest absolute Gasteiger partial charge is 0.495 e. The number of carbonyl (C=O) groups is 2. The minimum absolute atomic E-state index is 0.0331. The first kappa shape index (κ1) is 24.0. The summed E-state index contributed by atoms with van der Waals surface area (Å²) in [5.74, 6) is -0.321. The lowest BCUT2D eigenvalue weighted by Gasteiger charge is -2.22. The van der Waals surface area contributed by atoms with E-state index in [1.165, 1.54) is 7.11 Å². The molecule has 178 valence electrons. The molecule has 1 amide bonds. The lowest BCUT2D eigenvalue weighted by atomic mass is 9.88. The second kappa shape index (κ2) is 10.4. The summed E-state index contributed by atoms with van der Waals surface area (Å²) in [5.41, 5.74) is 5.22. The maximum atomic E-state index is 13.2. The van der Waals surface area contributed by atoms with Gasteiger partial charge in [0.25, 0.3) is 5.91 Å². The Hall–Kier alpha value is -4.19. The van der Waals surface area contributed by atoms with Crippen LogP contribution in [0.25, 0.3) is 0 Å². The van der Waals surface area contributed by atoms with Gasteiger partial charge in [0.2, 0.25) is 0 Å². The molecule has 0 saturated heterocycles. The Labute approximate surface area is 206 Å². The Balaban J connectivity index is 1.75. The number of amides is 1. The van der Waals surface area contributed by atoms with Crippen molar-refractivity contribution in [3.63, 3.8) is 0 Å². The number of aryl methyl sites for hydroxylation is 1. The minimum atomic E-state index is -0.504. The number of allylic oxidation sites excluding steroid dienone is 1. The molecule has 0 bridgehead atoms. The molecule has 1 aliphatic rings. The van der Waals surface area contributed by atoms with Crippen LogP contribution in [-0.2, 0) is 4.79 Å². The molecular weight excluding hydrogens is 438 g/mol. The molecule has 1 aliphatic carbocycles. The fourth-order valence-corrected chi connectivity index (χ4v) is 4.21. The predicted octanol–water partition coefficient (Wildman–Crippen LogP) is 5.73. The van der Waals surface area contributed by atoms with Gasteiger partial charge in [0, 0.05) is 29.9 Å². The summed E-state index contributed by atoms with van der Waals surface area (Å²) in [6.45, 7) is 8.13. The van der Waals surface area contributed by atoms with Crippen LogP contribution in [0.5, 0.6) is 5.75 Å². The highest BCUT2D eigenvalue weighted by Crippen LogP contribution is 2.30. The number of methoxy groups -OCH3 is 1. The molecular formula is C29H29N3O3. The number of anilines is 2. The summed E-state index contributed by atoms with van der Waals surface area (Å²) in [5, 5.41) is 2.81. The van der Waals surface area contributed by atoms with E-state index in [-0.39, 0.29) is 11.4 Å². The number of Topliss-reactive ketones (excluding diaryl/α,β-unsaturated/α-hetero) is 1. The molecule has 0 aliphatic heterocycles. The maximum Gasteiger partial charge on any atom is 0.259 e. The lowest BCUT2D eigenvalue weighted by molar-refractivity contribution is -0.112. The van der Waals surface area contributed by atoms with Crippen LogP contribution in [0.15, 0.2) is 83.4 Å². The van der Waals surface area contributed by atoms with Crippen LogP contribution in [0, 0.1) is 6.92 Å². The fourth-order valence-electron chi connectivity index (χ4n) is 4.21. The second-order valence-electron chi connectivity index (χ2n) is 8.23. The van der Waals surface area contributed by atoms with Crippen LogP contribution in [0.2, 0.25) is 0 Å². The maximum absolute atomic E-state index is 13.2. The summed E-state index contributed by atoms with van der Waals surface area (Å²) in [7, 11) is 1.53. The van der Waals surface area contributed by atoms with Crippen LogP contribution in [-0.4, -0.2) is 37.6 Å². The van der Waals surface area contributed by atoms with Gasteiger partial charge in [0.1, 0.15) is 5.75 Å². The first-order valence-corrected chi connectivity index (χ1v) is 11.7. The van der Waals surface area contributed by atoms with E-state index < -0.39 is 5.91 Å². The van der Waals surface area contributed by atoms with Crippen LogP contribution in [0.4, 0.5) is 17.1 Å². The van der Waals surface area contributed by atoms with Gasteiger partial charge < -0.3 is 15.0 Å². The van der Waals surface area contributed by atoms with Crippen molar-refractivity contribution in [2.45, 2.75) is 20.8 Å². The van der Waals surface area contributed by atoms with Crippen molar-refractivity contribution < 1.29 is 14.3 Å². The zero-order valence-corrected chi connectivity index (χ0v) is 20.5. The summed E-state index contributed by atoms with van der Waals surface area (Å²) in [6.07, 6.45) is 1.58. The van der Waals surface area contributed by atoms with Crippen LogP contribution >= 0.6 is 0 Å². The van der Waals surface area contributed by atoms with E-state index in [2.05, 4.69) is 36.2 Å². The van der Waals surface area contributed by atoms with E-state index in [1.807, 2.05) is 31.2 Å². The average molecular weight is 468 g/mol. The van der Waals surface area contributed by atoms with Crippen molar-refractivity contribution in [2.75, 3.05) is 30.4 Å². The second-order valence-corrected chi connectivity index (χ2v) is 8.23. The average Bonchev–Trinajstić information content (AvgIpc) is 2.88. The number of nitrogens with zero attached hydrogens (tertiary/aromatic N) is 2. The molecule has 0 spiro atoms. The Morgan fingerprint density at radius 1 is 0.971 bits per heavy atom. The fraction of sp³-hybridized carbons (Fsp3) is 0.207. The Morgan fingerprint density at radius 3 is 2.34 bits per heavy atom. The molecule has 0 heterocycles. The summed E-state index contributed by atoms with van der Waals surface area (Å²) >= 11 is 0. The highest BCUT2D eigenvalue weighted by Gasteiger charge is 2.29. The van der Waals surface area contributed by atoms with E-state index in [0.29, 0.717) is 28.3 Å². The Kier molecular flexibility index (Phi) is 7.11. The van der Waals surface area contributed by atoms with Gasteiger partial charge >= 0.3 is 0 Å². The molecule has 0 unspecified atom stereocenters.